The van der Waals surface area contributed by atoms with Gasteiger partial charge >= 0.3 is 5.91 Å². The van der Waals surface area contributed by atoms with Crippen LogP contribution in [0.5, 0.6) is 5.75 Å². The largest absolute Gasteiger partial charge is 0.486 e. The average molecular weight is 411 g/mol. The molecule has 8 nitrogen and oxygen atoms in total. The van der Waals surface area contributed by atoms with Crippen molar-refractivity contribution in [3.8, 4) is 5.75 Å². The number of halogens is 1. The number of amides is 3. The Hall–Kier alpha value is -4.14. The Kier molecular flexibility index (Phi) is 6.78. The Balaban J connectivity index is 1.42. The minimum Gasteiger partial charge on any atom is -0.486 e. The highest BCUT2D eigenvalue weighted by Gasteiger charge is 2.14. The van der Waals surface area contributed by atoms with E-state index in [1.54, 1.807) is 18.2 Å². The smallest absolute Gasteiger partial charge is 0.305 e. The number of hydrogen-bond donors (Lipinski definition) is 3. The van der Waals surface area contributed by atoms with Crippen molar-refractivity contribution in [3.05, 3.63) is 89.6 Å². The van der Waals surface area contributed by atoms with Gasteiger partial charge in [-0.1, -0.05) is 30.3 Å². The first kappa shape index (κ1) is 20.6. The van der Waals surface area contributed by atoms with Crippen molar-refractivity contribution in [1.29, 1.82) is 0 Å². The fourth-order valence-electron chi connectivity index (χ4n) is 2.38. The van der Waals surface area contributed by atoms with Crippen LogP contribution < -0.4 is 20.9 Å². The second-order valence-electron chi connectivity index (χ2n) is 6.03. The lowest BCUT2D eigenvalue weighted by Gasteiger charge is -2.08. The molecule has 0 saturated carbocycles. The van der Waals surface area contributed by atoms with Crippen molar-refractivity contribution in [1.82, 2.24) is 16.2 Å². The minimum atomic E-state index is -0.747. The van der Waals surface area contributed by atoms with Crippen LogP contribution in [0.2, 0.25) is 0 Å². The molecule has 0 aliphatic heterocycles. The molecule has 1 heterocycles. The summed E-state index contributed by atoms with van der Waals surface area (Å²) in [5.41, 5.74) is 4.11. The Labute approximate surface area is 171 Å². The number of carbonyl (C=O) groups is 3. The van der Waals surface area contributed by atoms with Gasteiger partial charge < -0.3 is 14.5 Å². The molecule has 0 spiro atoms. The molecule has 3 amide bonds. The van der Waals surface area contributed by atoms with Crippen LogP contribution in [-0.2, 0) is 11.4 Å². The molecule has 0 radical (unpaired) electrons. The molecule has 0 unspecified atom stereocenters. The zero-order valence-corrected chi connectivity index (χ0v) is 15.7. The second-order valence-corrected chi connectivity index (χ2v) is 6.03. The quantitative estimate of drug-likeness (QED) is 0.517. The molecule has 2 aromatic carbocycles. The third-order valence-electron chi connectivity index (χ3n) is 3.85. The highest BCUT2D eigenvalue weighted by atomic mass is 19.1. The maximum atomic E-state index is 13.5. The molecule has 154 valence electrons. The van der Waals surface area contributed by atoms with Crippen molar-refractivity contribution in [2.75, 3.05) is 6.54 Å². The summed E-state index contributed by atoms with van der Waals surface area (Å²) in [5.74, 6) is -1.78. The highest BCUT2D eigenvalue weighted by Crippen LogP contribution is 2.13. The average Bonchev–Trinajstić information content (AvgIpc) is 3.24. The van der Waals surface area contributed by atoms with Gasteiger partial charge in [0.1, 0.15) is 23.9 Å². The predicted molar refractivity (Wildman–Crippen MR) is 104 cm³/mol. The molecule has 3 N–H and O–H groups in total. The van der Waals surface area contributed by atoms with Crippen LogP contribution in [0.15, 0.2) is 71.1 Å². The standard InChI is InChI=1S/C21H18FN3O5/c22-17-9-5-4-8-16(17)20(27)23-12-19(26)24-25-21(28)18-11-10-15(30-18)13-29-14-6-2-1-3-7-14/h1-11H,12-13H2,(H,23,27)(H,24,26)(H,25,28). The van der Waals surface area contributed by atoms with Gasteiger partial charge in [0.05, 0.1) is 12.1 Å². The van der Waals surface area contributed by atoms with Crippen molar-refractivity contribution in [3.63, 3.8) is 0 Å². The highest BCUT2D eigenvalue weighted by molar-refractivity contribution is 5.97. The lowest BCUT2D eigenvalue weighted by atomic mass is 10.2. The van der Waals surface area contributed by atoms with Gasteiger partial charge in [0, 0.05) is 0 Å². The Bertz CT molecular complexity index is 1040. The van der Waals surface area contributed by atoms with Gasteiger partial charge in [-0.15, -0.1) is 0 Å². The van der Waals surface area contributed by atoms with E-state index in [1.807, 2.05) is 18.2 Å². The van der Waals surface area contributed by atoms with Gasteiger partial charge in [0.25, 0.3) is 11.8 Å². The first-order valence-electron chi connectivity index (χ1n) is 8.91. The van der Waals surface area contributed by atoms with Gasteiger partial charge in [-0.25, -0.2) is 4.39 Å². The first-order chi connectivity index (χ1) is 14.5. The summed E-state index contributed by atoms with van der Waals surface area (Å²) in [6.45, 7) is -0.326. The fraction of sp³-hybridized carbons (Fsp3) is 0.0952. The molecule has 1 aromatic heterocycles. The lowest BCUT2D eigenvalue weighted by molar-refractivity contribution is -0.120. The molecule has 9 heteroatoms. The Morgan fingerprint density at radius 1 is 0.867 bits per heavy atom. The molecule has 0 saturated heterocycles. The maximum Gasteiger partial charge on any atom is 0.305 e. The molecule has 3 aromatic rings. The van der Waals surface area contributed by atoms with E-state index < -0.39 is 30.1 Å². The monoisotopic (exact) mass is 411 g/mol. The summed E-state index contributed by atoms with van der Waals surface area (Å²) in [5, 5.41) is 2.26. The van der Waals surface area contributed by atoms with Crippen LogP contribution in [0.1, 0.15) is 26.7 Å². The summed E-state index contributed by atoms with van der Waals surface area (Å²) in [6, 6.07) is 17.5. The van der Waals surface area contributed by atoms with Crippen molar-refractivity contribution >= 4 is 17.7 Å². The van der Waals surface area contributed by atoms with Gasteiger partial charge in [-0.2, -0.15) is 0 Å². The summed E-state index contributed by atoms with van der Waals surface area (Å²) in [7, 11) is 0. The maximum absolute atomic E-state index is 13.5. The topological polar surface area (TPSA) is 110 Å². The number of hydrogen-bond acceptors (Lipinski definition) is 5. The van der Waals surface area contributed by atoms with Crippen molar-refractivity contribution in [2.45, 2.75) is 6.61 Å². The lowest BCUT2D eigenvalue weighted by Crippen LogP contribution is -2.46. The zero-order valence-electron chi connectivity index (χ0n) is 15.7. The summed E-state index contributed by atoms with van der Waals surface area (Å²) >= 11 is 0. The summed E-state index contributed by atoms with van der Waals surface area (Å²) in [6.07, 6.45) is 0. The molecule has 3 rings (SSSR count). The molecule has 30 heavy (non-hydrogen) atoms. The number of hydrazine groups is 1. The number of ether oxygens (including phenoxy) is 1. The number of carbonyl (C=O) groups excluding carboxylic acids is 3. The molecule has 0 fully saturated rings. The normalized spacial score (nSPS) is 10.2. The number of furan rings is 1. The number of nitrogens with one attached hydrogen (secondary N) is 3. The van der Waals surface area contributed by atoms with E-state index in [2.05, 4.69) is 16.2 Å². The van der Waals surface area contributed by atoms with Crippen LogP contribution in [-0.4, -0.2) is 24.3 Å². The SMILES string of the molecule is O=C(CNC(=O)c1ccccc1F)NNC(=O)c1ccc(COc2ccccc2)o1. The minimum absolute atomic E-state index is 0.0302. The van der Waals surface area contributed by atoms with Gasteiger partial charge in [0.2, 0.25) is 0 Å². The second kappa shape index (κ2) is 9.87. The van der Waals surface area contributed by atoms with Crippen molar-refractivity contribution < 1.29 is 27.9 Å². The molecule has 0 atom stereocenters. The Morgan fingerprint density at radius 2 is 1.60 bits per heavy atom. The summed E-state index contributed by atoms with van der Waals surface area (Å²) in [4.78, 5) is 35.7. The van der Waals surface area contributed by atoms with E-state index in [4.69, 9.17) is 9.15 Å². The predicted octanol–water partition coefficient (Wildman–Crippen LogP) is 2.19. The number of para-hydroxylation sites is 1. The van der Waals surface area contributed by atoms with Crippen LogP contribution in [0.4, 0.5) is 4.39 Å². The van der Waals surface area contributed by atoms with Crippen molar-refractivity contribution in [2.24, 2.45) is 0 Å². The zero-order chi connectivity index (χ0) is 21.3. The fourth-order valence-corrected chi connectivity index (χ4v) is 2.38. The van der Waals surface area contributed by atoms with Crippen LogP contribution in [0.25, 0.3) is 0 Å². The van der Waals surface area contributed by atoms with E-state index in [0.29, 0.717) is 11.5 Å². The molecule has 0 aliphatic rings. The van der Waals surface area contributed by atoms with E-state index in [-0.39, 0.29) is 17.9 Å². The van der Waals surface area contributed by atoms with E-state index in [1.165, 1.54) is 24.3 Å². The van der Waals surface area contributed by atoms with Gasteiger partial charge in [-0.3, -0.25) is 25.2 Å². The number of rotatable bonds is 7. The van der Waals surface area contributed by atoms with Crippen LogP contribution in [0.3, 0.4) is 0 Å². The van der Waals surface area contributed by atoms with Gasteiger partial charge in [-0.05, 0) is 36.4 Å². The molecular weight excluding hydrogens is 393 g/mol. The third-order valence-corrected chi connectivity index (χ3v) is 3.85. The Morgan fingerprint density at radius 3 is 2.37 bits per heavy atom. The number of benzene rings is 2. The summed E-state index contributed by atoms with van der Waals surface area (Å²) < 4.78 is 24.4. The molecular formula is C21H18FN3O5. The molecule has 0 bridgehead atoms. The third kappa shape index (κ3) is 5.68. The molecule has 0 aliphatic carbocycles. The van der Waals surface area contributed by atoms with Crippen LogP contribution in [0, 0.1) is 5.82 Å². The van der Waals surface area contributed by atoms with E-state index in [0.717, 1.165) is 6.07 Å². The first-order valence-corrected chi connectivity index (χ1v) is 8.91. The van der Waals surface area contributed by atoms with E-state index in [9.17, 15) is 18.8 Å². The van der Waals surface area contributed by atoms with Crippen LogP contribution >= 0.6 is 0 Å². The van der Waals surface area contributed by atoms with Gasteiger partial charge in [0.15, 0.2) is 5.76 Å². The van der Waals surface area contributed by atoms with E-state index >= 15 is 0 Å².